The number of carbonyl (C=O) groups is 2. The Morgan fingerprint density at radius 3 is 2.53 bits per heavy atom. The van der Waals surface area contributed by atoms with Gasteiger partial charge in [0.2, 0.25) is 0 Å². The molecular weight excluding hydrogens is 404 g/mol. The summed E-state index contributed by atoms with van der Waals surface area (Å²) in [6, 6.07) is 16.3. The topological polar surface area (TPSA) is 87.3 Å². The number of carbonyl (C=O) groups excluding carboxylic acids is 2. The van der Waals surface area contributed by atoms with E-state index in [-0.39, 0.29) is 11.9 Å². The quantitative estimate of drug-likeness (QED) is 0.403. The molecule has 2 N–H and O–H groups in total. The molecule has 0 aliphatic heterocycles. The van der Waals surface area contributed by atoms with Crippen LogP contribution in [0.4, 0.5) is 5.69 Å². The molecule has 7 nitrogen and oxygen atoms in total. The summed E-state index contributed by atoms with van der Waals surface area (Å²) in [7, 11) is 0. The van der Waals surface area contributed by atoms with Gasteiger partial charge in [-0.15, -0.1) is 0 Å². The van der Waals surface area contributed by atoms with Gasteiger partial charge in [-0.1, -0.05) is 32.0 Å². The van der Waals surface area contributed by atoms with Crippen molar-refractivity contribution in [3.63, 3.8) is 0 Å². The fourth-order valence-corrected chi connectivity index (χ4v) is 3.64. The number of hydrogen-bond donors (Lipinski definition) is 2. The molecule has 0 atom stereocenters. The Bertz CT molecular complexity index is 1240. The van der Waals surface area contributed by atoms with Gasteiger partial charge in [0.05, 0.1) is 16.6 Å². The fraction of sp³-hybridized carbons (Fsp3) is 0.240. The van der Waals surface area contributed by atoms with E-state index in [0.29, 0.717) is 30.1 Å². The van der Waals surface area contributed by atoms with Crippen molar-refractivity contribution in [1.29, 1.82) is 0 Å². The Hall–Kier alpha value is -3.71. The Morgan fingerprint density at radius 2 is 1.78 bits per heavy atom. The molecule has 2 aromatic heterocycles. The van der Waals surface area contributed by atoms with Gasteiger partial charge in [0.25, 0.3) is 5.91 Å². The number of aromatic amines is 1. The first kappa shape index (κ1) is 21.5. The number of hydrogen-bond acceptors (Lipinski definition) is 5. The summed E-state index contributed by atoms with van der Waals surface area (Å²) in [5, 5.41) is 4.79. The average Bonchev–Trinajstić information content (AvgIpc) is 3.27. The van der Waals surface area contributed by atoms with Gasteiger partial charge in [-0.05, 0) is 49.5 Å². The molecule has 7 heteroatoms. The Kier molecular flexibility index (Phi) is 6.47. The summed E-state index contributed by atoms with van der Waals surface area (Å²) in [5.74, 6) is -0.634. The summed E-state index contributed by atoms with van der Waals surface area (Å²) in [6.07, 6.45) is 1.73. The summed E-state index contributed by atoms with van der Waals surface area (Å²) in [5.41, 5.74) is 3.14. The number of H-pyrrole nitrogens is 1. The first-order chi connectivity index (χ1) is 15.6. The second-order valence-corrected chi connectivity index (χ2v) is 7.48. The lowest BCUT2D eigenvalue weighted by molar-refractivity contribution is 0.0466. The van der Waals surface area contributed by atoms with Gasteiger partial charge in [-0.3, -0.25) is 9.78 Å². The van der Waals surface area contributed by atoms with Crippen molar-refractivity contribution in [2.45, 2.75) is 13.8 Å². The number of nitrogens with zero attached hydrogens (tertiary/aromatic N) is 2. The normalized spacial score (nSPS) is 11.2. The monoisotopic (exact) mass is 430 g/mol. The van der Waals surface area contributed by atoms with Crippen LogP contribution in [0.15, 0.2) is 60.8 Å². The highest BCUT2D eigenvalue weighted by molar-refractivity contribution is 6.10. The number of likely N-dealkylation sites (N-methyl/N-ethyl adjacent to an activating group) is 1. The number of amides is 1. The average molecular weight is 431 g/mol. The van der Waals surface area contributed by atoms with Crippen LogP contribution in [0, 0.1) is 0 Å². The second kappa shape index (κ2) is 9.62. The fourth-order valence-electron chi connectivity index (χ4n) is 3.64. The molecule has 0 aliphatic carbocycles. The molecule has 0 saturated carbocycles. The van der Waals surface area contributed by atoms with Crippen LogP contribution in [-0.2, 0) is 4.74 Å². The Balaban J connectivity index is 1.40. The van der Waals surface area contributed by atoms with E-state index in [1.165, 1.54) is 0 Å². The van der Waals surface area contributed by atoms with Gasteiger partial charge in [0, 0.05) is 29.2 Å². The molecule has 4 rings (SSSR count). The number of aromatic nitrogens is 2. The lowest BCUT2D eigenvalue weighted by Crippen LogP contribution is -2.27. The highest BCUT2D eigenvalue weighted by atomic mass is 16.5. The molecule has 0 aliphatic rings. The molecule has 0 bridgehead atoms. The molecule has 0 unspecified atom stereocenters. The van der Waals surface area contributed by atoms with E-state index in [9.17, 15) is 9.59 Å². The molecule has 0 radical (unpaired) electrons. The van der Waals surface area contributed by atoms with Gasteiger partial charge >= 0.3 is 5.97 Å². The van der Waals surface area contributed by atoms with E-state index in [4.69, 9.17) is 4.74 Å². The largest absolute Gasteiger partial charge is 0.461 e. The van der Waals surface area contributed by atoms with Crippen LogP contribution in [0.1, 0.15) is 34.7 Å². The Labute approximate surface area is 186 Å². The molecular formula is C25H26N4O3. The molecule has 164 valence electrons. The predicted octanol–water partition coefficient (Wildman–Crippen LogP) is 4.47. The van der Waals surface area contributed by atoms with Crippen molar-refractivity contribution < 1.29 is 14.3 Å². The third-order valence-electron chi connectivity index (χ3n) is 5.52. The van der Waals surface area contributed by atoms with Gasteiger partial charge in [-0.25, -0.2) is 4.79 Å². The maximum atomic E-state index is 12.7. The second-order valence-electron chi connectivity index (χ2n) is 7.48. The maximum Gasteiger partial charge on any atom is 0.338 e. The molecule has 2 heterocycles. The number of nitrogens with one attached hydrogen (secondary N) is 2. The van der Waals surface area contributed by atoms with Crippen molar-refractivity contribution in [2.75, 3.05) is 31.6 Å². The molecule has 2 aromatic carbocycles. The highest BCUT2D eigenvalue weighted by Crippen LogP contribution is 2.24. The predicted molar refractivity (Wildman–Crippen MR) is 126 cm³/mol. The lowest BCUT2D eigenvalue weighted by Gasteiger charge is -2.17. The van der Waals surface area contributed by atoms with Gasteiger partial charge in [0.15, 0.2) is 0 Å². The number of rotatable bonds is 8. The van der Waals surface area contributed by atoms with E-state index in [0.717, 1.165) is 34.9 Å². The van der Waals surface area contributed by atoms with Crippen molar-refractivity contribution >= 4 is 39.4 Å². The minimum Gasteiger partial charge on any atom is -0.461 e. The van der Waals surface area contributed by atoms with Gasteiger partial charge < -0.3 is 19.9 Å². The zero-order valence-corrected chi connectivity index (χ0v) is 18.2. The standard InChI is InChI=1S/C25H26N4O3/c1-3-29(4-2)14-15-32-25(31)18-9-11-20(12-10-18)27-24(30)21-16-19-8-7-17-6-5-13-26-22(17)23(19)28-21/h5-13,16,28H,3-4,14-15H2,1-2H3,(H,27,30). The van der Waals surface area contributed by atoms with Crippen LogP contribution >= 0.6 is 0 Å². The van der Waals surface area contributed by atoms with E-state index in [1.807, 2.05) is 24.3 Å². The van der Waals surface area contributed by atoms with Crippen LogP contribution in [-0.4, -0.2) is 53.0 Å². The molecule has 4 aromatic rings. The van der Waals surface area contributed by atoms with Crippen LogP contribution in [0.25, 0.3) is 21.8 Å². The van der Waals surface area contributed by atoms with Crippen molar-refractivity contribution in [2.24, 2.45) is 0 Å². The van der Waals surface area contributed by atoms with Crippen molar-refractivity contribution in [3.8, 4) is 0 Å². The van der Waals surface area contributed by atoms with E-state index < -0.39 is 0 Å². The number of ether oxygens (including phenoxy) is 1. The van der Waals surface area contributed by atoms with Crippen LogP contribution in [0.3, 0.4) is 0 Å². The number of anilines is 1. The number of pyridine rings is 1. The van der Waals surface area contributed by atoms with E-state index >= 15 is 0 Å². The third-order valence-corrected chi connectivity index (χ3v) is 5.52. The minimum absolute atomic E-state index is 0.264. The first-order valence-corrected chi connectivity index (χ1v) is 10.8. The minimum atomic E-state index is -0.370. The van der Waals surface area contributed by atoms with Gasteiger partial charge in [-0.2, -0.15) is 0 Å². The van der Waals surface area contributed by atoms with Crippen molar-refractivity contribution in [1.82, 2.24) is 14.9 Å². The summed E-state index contributed by atoms with van der Waals surface area (Å²) >= 11 is 0. The molecule has 0 saturated heterocycles. The number of esters is 1. The molecule has 0 spiro atoms. The zero-order valence-electron chi connectivity index (χ0n) is 18.2. The number of fused-ring (bicyclic) bond motifs is 3. The van der Waals surface area contributed by atoms with E-state index in [2.05, 4.69) is 34.0 Å². The number of benzene rings is 2. The van der Waals surface area contributed by atoms with Gasteiger partial charge in [0.1, 0.15) is 12.3 Å². The maximum absolute atomic E-state index is 12.7. The summed E-state index contributed by atoms with van der Waals surface area (Å²) in [6.45, 7) is 7.06. The van der Waals surface area contributed by atoms with Crippen LogP contribution in [0.2, 0.25) is 0 Å². The summed E-state index contributed by atoms with van der Waals surface area (Å²) < 4.78 is 5.34. The molecule has 0 fully saturated rings. The molecule has 32 heavy (non-hydrogen) atoms. The Morgan fingerprint density at radius 1 is 1.03 bits per heavy atom. The third kappa shape index (κ3) is 4.63. The van der Waals surface area contributed by atoms with Crippen LogP contribution in [0.5, 0.6) is 0 Å². The van der Waals surface area contributed by atoms with Crippen molar-refractivity contribution in [3.05, 3.63) is 72.1 Å². The smallest absolute Gasteiger partial charge is 0.338 e. The summed E-state index contributed by atoms with van der Waals surface area (Å²) in [4.78, 5) is 34.8. The van der Waals surface area contributed by atoms with E-state index in [1.54, 1.807) is 36.5 Å². The lowest BCUT2D eigenvalue weighted by atomic mass is 10.1. The SMILES string of the molecule is CCN(CC)CCOC(=O)c1ccc(NC(=O)c2cc3ccc4cccnc4c3[nH]2)cc1. The first-order valence-electron chi connectivity index (χ1n) is 10.8. The molecule has 1 amide bonds. The highest BCUT2D eigenvalue weighted by Gasteiger charge is 2.13. The zero-order chi connectivity index (χ0) is 22.5. The van der Waals surface area contributed by atoms with Crippen LogP contribution < -0.4 is 5.32 Å².